The van der Waals surface area contributed by atoms with Gasteiger partial charge < -0.3 is 9.84 Å². The van der Waals surface area contributed by atoms with Gasteiger partial charge >= 0.3 is 5.97 Å². The second-order valence-electron chi connectivity index (χ2n) is 12.7. The number of benzene rings is 1. The molecule has 0 aromatic heterocycles. The molecule has 178 valence electrons. The fourth-order valence-electron chi connectivity index (χ4n) is 11.6. The second-order valence-corrected chi connectivity index (χ2v) is 12.7. The van der Waals surface area contributed by atoms with Gasteiger partial charge in [-0.15, -0.1) is 0 Å². The number of carbonyl (C=O) groups is 1. The Bertz CT molecular complexity index is 1180. The minimum atomic E-state index is -0.468. The molecule has 1 N–H and O–H groups in total. The lowest BCUT2D eigenvalue weighted by Gasteiger charge is -2.66. The number of aliphatic hydroxyl groups is 1. The van der Waals surface area contributed by atoms with E-state index in [1.807, 2.05) is 0 Å². The molecule has 3 aliphatic heterocycles. The van der Waals surface area contributed by atoms with Gasteiger partial charge in [0, 0.05) is 48.0 Å². The van der Waals surface area contributed by atoms with Crippen molar-refractivity contribution in [3.8, 4) is 0 Å². The van der Waals surface area contributed by atoms with Gasteiger partial charge in [0.1, 0.15) is 6.10 Å². The van der Waals surface area contributed by atoms with E-state index in [2.05, 4.69) is 18.4 Å². The Morgan fingerprint density at radius 1 is 1.24 bits per heavy atom. The number of piperidine rings is 2. The van der Waals surface area contributed by atoms with Gasteiger partial charge in [0.25, 0.3) is 5.69 Å². The molecule has 34 heavy (non-hydrogen) atoms. The molecule has 2 spiro atoms. The zero-order valence-electron chi connectivity index (χ0n) is 19.4. The molecule has 10 rings (SSSR count). The van der Waals surface area contributed by atoms with Gasteiger partial charge in [0.2, 0.25) is 0 Å². The second kappa shape index (κ2) is 5.76. The van der Waals surface area contributed by atoms with Crippen LogP contribution in [0.2, 0.25) is 0 Å². The molecule has 7 nitrogen and oxygen atoms in total. The maximum atomic E-state index is 13.3. The molecular weight excluding hydrogens is 432 g/mol. The van der Waals surface area contributed by atoms with Gasteiger partial charge in [0.05, 0.1) is 16.6 Å². The van der Waals surface area contributed by atoms with Gasteiger partial charge in [-0.05, 0) is 66.1 Å². The minimum absolute atomic E-state index is 0.0168. The third-order valence-corrected chi connectivity index (χ3v) is 11.8. The van der Waals surface area contributed by atoms with Crippen molar-refractivity contribution in [2.75, 3.05) is 6.54 Å². The van der Waals surface area contributed by atoms with Crippen LogP contribution in [-0.4, -0.2) is 51.7 Å². The normalized spacial score (nSPS) is 54.5. The quantitative estimate of drug-likeness (QED) is 0.320. The molecule has 3 heterocycles. The highest BCUT2D eigenvalue weighted by molar-refractivity contribution is 5.90. The van der Waals surface area contributed by atoms with Crippen molar-refractivity contribution < 1.29 is 19.6 Å². The van der Waals surface area contributed by atoms with Crippen LogP contribution in [0.1, 0.15) is 49.4 Å². The minimum Gasteiger partial charge on any atom is -0.454 e. The topological polar surface area (TPSA) is 92.9 Å². The first-order valence-corrected chi connectivity index (χ1v) is 12.8. The van der Waals surface area contributed by atoms with E-state index in [1.54, 1.807) is 0 Å². The lowest BCUT2D eigenvalue weighted by molar-refractivity contribution is -0.384. The number of rotatable bonds is 3. The Balaban J connectivity index is 1.21. The third kappa shape index (κ3) is 1.84. The number of esters is 1. The largest absolute Gasteiger partial charge is 0.454 e. The summed E-state index contributed by atoms with van der Waals surface area (Å²) in [5, 5.41) is 22.8. The average Bonchev–Trinajstić information content (AvgIpc) is 3.24. The standard InChI is InChI=1S/C27H30N2O5/c1-13-16-10-17-22-26-9-3-8-25(2)12-28(22)18(20(25)26)11-27(17,21(26)19(16)30)23(13)34-24(31)14-4-6-15(7-5-14)29(32)33/h4-7,16-23,30H,1,3,8-12H2,2H3/t16-,17-,18+,19+,20-,21+,22?,23-,25+,26+,27-/m1/s1. The van der Waals surface area contributed by atoms with Crippen LogP contribution in [0.5, 0.6) is 0 Å². The maximum absolute atomic E-state index is 13.3. The summed E-state index contributed by atoms with van der Waals surface area (Å²) in [5.41, 5.74) is 1.43. The van der Waals surface area contributed by atoms with E-state index in [0.717, 1.165) is 18.4 Å². The van der Waals surface area contributed by atoms with Crippen molar-refractivity contribution >= 4 is 11.7 Å². The molecule has 3 saturated heterocycles. The molecule has 0 radical (unpaired) electrons. The Morgan fingerprint density at radius 2 is 2.00 bits per heavy atom. The Hall–Kier alpha value is -2.25. The van der Waals surface area contributed by atoms with Gasteiger partial charge in [-0.2, -0.15) is 0 Å². The number of hydrogen-bond acceptors (Lipinski definition) is 6. The number of non-ortho nitro benzene ring substituents is 1. The molecular formula is C27H30N2O5. The smallest absolute Gasteiger partial charge is 0.338 e. The van der Waals surface area contributed by atoms with E-state index < -0.39 is 17.0 Å². The van der Waals surface area contributed by atoms with E-state index in [0.29, 0.717) is 34.9 Å². The van der Waals surface area contributed by atoms with Crippen molar-refractivity contribution in [2.45, 2.75) is 63.3 Å². The van der Waals surface area contributed by atoms with Gasteiger partial charge in [-0.25, -0.2) is 4.79 Å². The molecule has 9 bridgehead atoms. The highest BCUT2D eigenvalue weighted by Crippen LogP contribution is 2.87. The van der Waals surface area contributed by atoms with Crippen LogP contribution in [0.3, 0.4) is 0 Å². The highest BCUT2D eigenvalue weighted by Gasteiger charge is 2.90. The number of nitro groups is 1. The molecule has 2 unspecified atom stereocenters. The summed E-state index contributed by atoms with van der Waals surface area (Å²) in [6, 6.07) is 6.68. The lowest BCUT2D eigenvalue weighted by Crippen LogP contribution is -2.69. The molecule has 12 atom stereocenters. The van der Waals surface area contributed by atoms with Crippen LogP contribution >= 0.6 is 0 Å². The first-order valence-electron chi connectivity index (χ1n) is 12.8. The summed E-state index contributed by atoms with van der Waals surface area (Å²) in [7, 11) is 0. The van der Waals surface area contributed by atoms with Crippen molar-refractivity contribution in [3.05, 3.63) is 52.1 Å². The monoisotopic (exact) mass is 462 g/mol. The number of carbonyl (C=O) groups excluding carboxylic acids is 1. The lowest BCUT2D eigenvalue weighted by atomic mass is 9.39. The summed E-state index contributed by atoms with van der Waals surface area (Å²) in [6.45, 7) is 8.06. The highest BCUT2D eigenvalue weighted by atomic mass is 16.6. The summed E-state index contributed by atoms with van der Waals surface area (Å²) in [4.78, 5) is 26.6. The summed E-state index contributed by atoms with van der Waals surface area (Å²) >= 11 is 0. The zero-order valence-corrected chi connectivity index (χ0v) is 19.4. The van der Waals surface area contributed by atoms with Crippen LogP contribution in [0.4, 0.5) is 5.69 Å². The van der Waals surface area contributed by atoms with Crippen LogP contribution in [0.25, 0.3) is 0 Å². The molecule has 1 aromatic carbocycles. The predicted molar refractivity (Wildman–Crippen MR) is 122 cm³/mol. The van der Waals surface area contributed by atoms with Crippen molar-refractivity contribution in [3.63, 3.8) is 0 Å². The van der Waals surface area contributed by atoms with Crippen molar-refractivity contribution in [1.82, 2.24) is 4.90 Å². The first-order chi connectivity index (χ1) is 16.2. The summed E-state index contributed by atoms with van der Waals surface area (Å²) in [5.74, 6) is 0.793. The number of hydrogen-bond donors (Lipinski definition) is 1. The predicted octanol–water partition coefficient (Wildman–Crippen LogP) is 3.57. The number of aliphatic hydroxyl groups excluding tert-OH is 1. The van der Waals surface area contributed by atoms with E-state index in [1.165, 1.54) is 50.1 Å². The van der Waals surface area contributed by atoms with E-state index in [9.17, 15) is 20.0 Å². The zero-order chi connectivity index (χ0) is 23.4. The number of nitro benzene ring substituents is 1. The maximum Gasteiger partial charge on any atom is 0.338 e. The van der Waals surface area contributed by atoms with E-state index in [4.69, 9.17) is 4.74 Å². The Kier molecular flexibility index (Phi) is 3.39. The van der Waals surface area contributed by atoms with Crippen LogP contribution in [-0.2, 0) is 4.74 Å². The van der Waals surface area contributed by atoms with Gasteiger partial charge in [-0.3, -0.25) is 15.0 Å². The third-order valence-electron chi connectivity index (χ3n) is 11.8. The van der Waals surface area contributed by atoms with Crippen molar-refractivity contribution in [1.29, 1.82) is 0 Å². The SMILES string of the molecule is C=C1[C@H]2C[C@@H]3C4N5C[C@]6(C)CCC[C@@]47[C@@H]6[C@@H]5C[C@]3([C@@H]1OC(=O)c1ccc([N+](=O)[O-])cc1)[C@H]7[C@H]2O. The summed E-state index contributed by atoms with van der Waals surface area (Å²) in [6.07, 6.45) is 4.87. The fraction of sp³-hybridized carbons (Fsp3) is 0.667. The first kappa shape index (κ1) is 20.0. The van der Waals surface area contributed by atoms with Gasteiger partial charge in [-0.1, -0.05) is 19.9 Å². The fourth-order valence-corrected chi connectivity index (χ4v) is 11.6. The molecule has 0 amide bonds. The van der Waals surface area contributed by atoms with E-state index in [-0.39, 0.29) is 34.5 Å². The molecule has 1 aromatic rings. The van der Waals surface area contributed by atoms with Crippen LogP contribution < -0.4 is 0 Å². The number of ether oxygens (including phenoxy) is 1. The van der Waals surface area contributed by atoms with Crippen LogP contribution in [0.15, 0.2) is 36.4 Å². The molecule has 9 fully saturated rings. The Labute approximate surface area is 198 Å². The van der Waals surface area contributed by atoms with Crippen LogP contribution in [0, 0.1) is 50.0 Å². The molecule has 7 heteroatoms. The summed E-state index contributed by atoms with van der Waals surface area (Å²) < 4.78 is 6.31. The Morgan fingerprint density at radius 3 is 2.74 bits per heavy atom. The number of nitrogens with zero attached hydrogens (tertiary/aromatic N) is 2. The average molecular weight is 463 g/mol. The molecule has 6 saturated carbocycles. The van der Waals surface area contributed by atoms with Crippen molar-refractivity contribution in [2.24, 2.45) is 39.9 Å². The molecule has 6 aliphatic carbocycles. The van der Waals surface area contributed by atoms with Gasteiger partial charge in [0.15, 0.2) is 0 Å². The number of fused-ring (bicyclic) bond motifs is 1. The molecule has 9 aliphatic rings. The van der Waals surface area contributed by atoms with E-state index >= 15 is 0 Å².